The Morgan fingerprint density at radius 3 is 0.614 bits per heavy atom. The Kier molecular flexibility index (Phi) is 46.0. The second-order valence-corrected chi connectivity index (χ2v) is 27.8. The maximum atomic E-state index is 11.5. The fraction of sp³-hybridized carbons (Fsp3) is 0.462. The van der Waals surface area contributed by atoms with E-state index in [-0.39, 0.29) is 5.97 Å². The molecule has 8 aromatic rings. The van der Waals surface area contributed by atoms with Crippen molar-refractivity contribution in [1.82, 2.24) is 0 Å². The first-order chi connectivity index (χ1) is 48.0. The second kappa shape index (κ2) is 51.1. The third-order valence-corrected chi connectivity index (χ3v) is 18.9. The fourth-order valence-electron chi connectivity index (χ4n) is 9.80. The topological polar surface area (TPSA) is 123 Å². The van der Waals surface area contributed by atoms with Crippen molar-refractivity contribution in [3.63, 3.8) is 0 Å². The van der Waals surface area contributed by atoms with E-state index in [4.69, 9.17) is 29.5 Å². The van der Waals surface area contributed by atoms with Gasteiger partial charge >= 0.3 is 12.1 Å². The Morgan fingerprint density at radius 1 is 0.287 bits per heavy atom. The van der Waals surface area contributed by atoms with Crippen LogP contribution in [0.1, 0.15) is 319 Å². The highest BCUT2D eigenvalue weighted by Crippen LogP contribution is 2.27. The molecule has 8 atom stereocenters. The molecule has 0 aliphatic carbocycles. The van der Waals surface area contributed by atoms with Gasteiger partial charge in [-0.15, -0.1) is 0 Å². The van der Waals surface area contributed by atoms with Crippen LogP contribution in [0.2, 0.25) is 0 Å². The number of carbonyl (C=O) groups is 2. The van der Waals surface area contributed by atoms with Gasteiger partial charge in [-0.25, -0.2) is 4.79 Å². The number of phenolic OH excluding ortho intramolecular Hbond substituents is 3. The summed E-state index contributed by atoms with van der Waals surface area (Å²) >= 11 is 0. The van der Waals surface area contributed by atoms with Gasteiger partial charge in [-0.2, -0.15) is 0 Å². The van der Waals surface area contributed by atoms with Gasteiger partial charge in [0, 0.05) is 6.92 Å². The van der Waals surface area contributed by atoms with Crippen LogP contribution in [0.4, 0.5) is 4.79 Å². The maximum absolute atomic E-state index is 11.5. The molecule has 3 N–H and O–H groups in total. The van der Waals surface area contributed by atoms with Crippen molar-refractivity contribution in [1.29, 1.82) is 0 Å². The van der Waals surface area contributed by atoms with Crippen LogP contribution in [0, 0.1) is 0 Å². The summed E-state index contributed by atoms with van der Waals surface area (Å²) in [6.07, 6.45) is 12.1. The molecule has 8 unspecified atom stereocenters. The molecule has 0 aliphatic heterocycles. The zero-order valence-corrected chi connectivity index (χ0v) is 66.8. The molecule has 0 aliphatic rings. The van der Waals surface area contributed by atoms with E-state index < -0.39 is 11.8 Å². The lowest BCUT2D eigenvalue weighted by atomic mass is 9.97. The van der Waals surface area contributed by atoms with Crippen LogP contribution in [0.5, 0.6) is 28.7 Å². The Hall–Kier alpha value is -8.10. The van der Waals surface area contributed by atoms with Crippen molar-refractivity contribution in [3.8, 4) is 28.7 Å². The van der Waals surface area contributed by atoms with Crippen LogP contribution in [0.3, 0.4) is 0 Å². The lowest BCUT2D eigenvalue weighted by molar-refractivity contribution is -0.131. The number of ether oxygens (including phenoxy) is 3. The number of esters is 1. The third-order valence-electron chi connectivity index (χ3n) is 18.9. The summed E-state index contributed by atoms with van der Waals surface area (Å²) in [6, 6.07) is 64.5. The number of aromatic hydroxyl groups is 3. The Bertz CT molecular complexity index is 3120. The molecule has 0 amide bonds. The zero-order chi connectivity index (χ0) is 76.0. The van der Waals surface area contributed by atoms with Gasteiger partial charge in [0.15, 0.2) is 0 Å². The van der Waals surface area contributed by atoms with Gasteiger partial charge in [-0.05, 0) is 261 Å². The van der Waals surface area contributed by atoms with Crippen LogP contribution in [-0.2, 0) is 28.8 Å². The van der Waals surface area contributed by atoms with Crippen molar-refractivity contribution in [3.05, 3.63) is 255 Å². The van der Waals surface area contributed by atoms with Gasteiger partial charge in [0.1, 0.15) is 34.3 Å². The number of rotatable bonds is 21. The molecule has 0 aromatic heterocycles. The summed E-state index contributed by atoms with van der Waals surface area (Å²) in [5, 5.41) is 27.0. The predicted octanol–water partition coefficient (Wildman–Crippen LogP) is 27.6. The molecule has 101 heavy (non-hydrogen) atoms. The number of benzene rings is 8. The number of aryl methyl sites for hydroxylation is 3. The van der Waals surface area contributed by atoms with Crippen molar-refractivity contribution >= 4 is 12.1 Å². The SMILES string of the molecule is CCC(C)c1ccc(O)cc1.CCC(C)c1ccc(O)cc1.CCC(C)c1ccc(O)cc1.CCC(C)c1ccc(OC(=O)OC(C)(C)C)cc1.CCC(C)c1ccc(OC(C)=O)cc1.CCc1ccc(C(C)CC)cc1.CCc1ccc(C(C)CC)cc1.CCc1ccc(C(C)CC)cc1. The quantitative estimate of drug-likeness (QED) is 0.0369. The lowest BCUT2D eigenvalue weighted by Gasteiger charge is -2.18. The molecule has 0 saturated carbocycles. The van der Waals surface area contributed by atoms with Gasteiger partial charge in [-0.3, -0.25) is 4.79 Å². The van der Waals surface area contributed by atoms with Crippen LogP contribution in [0.15, 0.2) is 194 Å². The third kappa shape index (κ3) is 38.5. The van der Waals surface area contributed by atoms with Crippen molar-refractivity contribution in [2.75, 3.05) is 0 Å². The minimum atomic E-state index is -0.668. The standard InChI is InChI=1S/C15H22O3.C12H16O2.3C12H18.3C10H14O/c1-6-11(2)12-7-9-13(10-8-12)17-14(16)18-15(3,4)5;1-4-9(2)11-5-7-12(8-6-11)14-10(3)13;3*1-4-10(3)12-8-6-11(5-2)7-9-12;3*1-3-8(2)9-4-6-10(11)7-5-9/h7-11H,6H2,1-5H3;5-9H,4H2,1-3H3;3*6-10H,4-5H2,1-3H3;3*4-8,11H,3H2,1-2H3. The van der Waals surface area contributed by atoms with E-state index in [2.05, 4.69) is 204 Å². The van der Waals surface area contributed by atoms with Crippen molar-refractivity contribution in [2.45, 2.75) is 283 Å². The van der Waals surface area contributed by atoms with Crippen LogP contribution < -0.4 is 9.47 Å². The molecular weight excluding hydrogens is 1250 g/mol. The first-order valence-corrected chi connectivity index (χ1v) is 37.9. The molecule has 554 valence electrons. The average molecular weight is 1380 g/mol. The molecule has 0 radical (unpaired) electrons. The molecule has 8 heteroatoms. The van der Waals surface area contributed by atoms with Crippen LogP contribution in [0.25, 0.3) is 0 Å². The molecule has 0 heterocycles. The molecule has 0 fully saturated rings. The van der Waals surface area contributed by atoms with Crippen LogP contribution in [-0.4, -0.2) is 33.0 Å². The predicted molar refractivity (Wildman–Crippen MR) is 432 cm³/mol. The summed E-state index contributed by atoms with van der Waals surface area (Å²) < 4.78 is 15.1. The van der Waals surface area contributed by atoms with E-state index in [1.54, 1.807) is 69.3 Å². The lowest BCUT2D eigenvalue weighted by Crippen LogP contribution is -2.25. The first-order valence-electron chi connectivity index (χ1n) is 37.9. The molecule has 8 rings (SSSR count). The smallest absolute Gasteiger partial charge is 0.508 e. The number of hydrogen-bond acceptors (Lipinski definition) is 8. The molecule has 8 aromatic carbocycles. The first kappa shape index (κ1) is 90.9. The largest absolute Gasteiger partial charge is 0.514 e. The van der Waals surface area contributed by atoms with E-state index >= 15 is 0 Å². The van der Waals surface area contributed by atoms with E-state index in [0.29, 0.717) is 76.1 Å². The van der Waals surface area contributed by atoms with Gasteiger partial charge in [0.05, 0.1) is 0 Å². The number of hydrogen-bond donors (Lipinski definition) is 3. The summed E-state index contributed by atoms with van der Waals surface area (Å²) in [5.41, 5.74) is 14.6. The monoisotopic (exact) mass is 1380 g/mol. The van der Waals surface area contributed by atoms with Gasteiger partial charge in [0.25, 0.3) is 0 Å². The summed E-state index contributed by atoms with van der Waals surface area (Å²) in [7, 11) is 0. The summed E-state index contributed by atoms with van der Waals surface area (Å²) in [4.78, 5) is 22.1. The minimum absolute atomic E-state index is 0.277. The fourth-order valence-corrected chi connectivity index (χ4v) is 9.80. The van der Waals surface area contributed by atoms with E-state index in [1.807, 2.05) is 72.8 Å². The highest BCUT2D eigenvalue weighted by atomic mass is 16.7. The molecular formula is C93H134O8. The summed E-state index contributed by atoms with van der Waals surface area (Å²) in [6.45, 7) is 48.7. The van der Waals surface area contributed by atoms with E-state index in [9.17, 15) is 9.59 Å². The second-order valence-electron chi connectivity index (χ2n) is 27.8. The normalized spacial score (nSPS) is 12.8. The van der Waals surface area contributed by atoms with E-state index in [0.717, 1.165) is 51.4 Å². The Morgan fingerprint density at radius 2 is 0.455 bits per heavy atom. The van der Waals surface area contributed by atoms with Crippen molar-refractivity contribution in [2.24, 2.45) is 0 Å². The highest BCUT2D eigenvalue weighted by Gasteiger charge is 2.18. The number of phenols is 3. The van der Waals surface area contributed by atoms with Gasteiger partial charge in [-0.1, -0.05) is 265 Å². The molecule has 0 bridgehead atoms. The maximum Gasteiger partial charge on any atom is 0.514 e. The minimum Gasteiger partial charge on any atom is -0.508 e. The molecule has 0 saturated heterocycles. The molecule has 8 nitrogen and oxygen atoms in total. The van der Waals surface area contributed by atoms with Crippen LogP contribution >= 0.6 is 0 Å². The average Bonchev–Trinajstić information content (AvgIpc) is 0.939. The Labute approximate surface area is 614 Å². The van der Waals surface area contributed by atoms with Gasteiger partial charge < -0.3 is 29.5 Å². The number of carbonyl (C=O) groups excluding carboxylic acids is 2. The van der Waals surface area contributed by atoms with Crippen molar-refractivity contribution < 1.29 is 39.1 Å². The van der Waals surface area contributed by atoms with Gasteiger partial charge in [0.2, 0.25) is 0 Å². The zero-order valence-electron chi connectivity index (χ0n) is 66.8. The van der Waals surface area contributed by atoms with E-state index in [1.165, 1.54) is 87.4 Å². The summed E-state index contributed by atoms with van der Waals surface area (Å²) in [5.74, 6) is 6.85. The highest BCUT2D eigenvalue weighted by molar-refractivity contribution is 5.69. The molecule has 0 spiro atoms. The Balaban J connectivity index is 0.000000580.